The molecule has 0 aromatic heterocycles. The zero-order valence-electron chi connectivity index (χ0n) is 7.80. The van der Waals surface area contributed by atoms with E-state index in [-0.39, 0.29) is 11.3 Å². The predicted octanol–water partition coefficient (Wildman–Crippen LogP) is 0.540. The third kappa shape index (κ3) is 1.67. The molecule has 1 aliphatic rings. The second kappa shape index (κ2) is 3.52. The van der Waals surface area contributed by atoms with Crippen LogP contribution in [0, 0.1) is 0 Å². The molecule has 1 aliphatic heterocycles. The lowest BCUT2D eigenvalue weighted by Crippen LogP contribution is -2.11. The maximum absolute atomic E-state index is 10.6. The largest absolute Gasteiger partial charge is 0.508 e. The van der Waals surface area contributed by atoms with Crippen LogP contribution in [0.3, 0.4) is 0 Å². The van der Waals surface area contributed by atoms with Gasteiger partial charge in [-0.15, -0.1) is 0 Å². The van der Waals surface area contributed by atoms with E-state index in [1.54, 1.807) is 0 Å². The van der Waals surface area contributed by atoms with Crippen molar-refractivity contribution in [2.45, 2.75) is 19.3 Å². The molecule has 80 valence electrons. The van der Waals surface area contributed by atoms with E-state index in [0.29, 0.717) is 13.2 Å². The van der Waals surface area contributed by atoms with Crippen LogP contribution in [0.4, 0.5) is 0 Å². The quantitative estimate of drug-likeness (QED) is 0.663. The van der Waals surface area contributed by atoms with E-state index in [0.717, 1.165) is 11.1 Å². The smallest absolute Gasteiger partial charge is 0.337 e. The minimum absolute atomic E-state index is 0.00625. The van der Waals surface area contributed by atoms with Crippen LogP contribution in [0.25, 0.3) is 0 Å². The summed E-state index contributed by atoms with van der Waals surface area (Å²) in [5.74, 6) is -1.60. The van der Waals surface area contributed by atoms with Crippen molar-refractivity contribution < 1.29 is 24.9 Å². The monoisotopic (exact) mass is 210 g/mol. The molecule has 0 saturated heterocycles. The minimum Gasteiger partial charge on any atom is -0.508 e. The van der Waals surface area contributed by atoms with Crippen molar-refractivity contribution in [2.24, 2.45) is 0 Å². The molecule has 0 aliphatic carbocycles. The van der Waals surface area contributed by atoms with Gasteiger partial charge in [-0.05, 0) is 23.3 Å². The molecular weight excluding hydrogens is 200 g/mol. The molecule has 1 aromatic carbocycles. The highest BCUT2D eigenvalue weighted by atomic mass is 16.5. The number of carbonyl (C=O) groups is 1. The summed E-state index contributed by atoms with van der Waals surface area (Å²) in [6, 6.07) is 2.90. The fourth-order valence-corrected chi connectivity index (χ4v) is 1.59. The molecule has 0 amide bonds. The minimum atomic E-state index is -1.70. The van der Waals surface area contributed by atoms with Gasteiger partial charge in [-0.25, -0.2) is 4.79 Å². The zero-order valence-corrected chi connectivity index (χ0v) is 7.80. The summed E-state index contributed by atoms with van der Waals surface area (Å²) in [4.78, 5) is 10.6. The number of aliphatic hydroxyl groups excluding tert-OH is 1. The molecule has 1 heterocycles. The summed E-state index contributed by atoms with van der Waals surface area (Å²) < 4.78 is 5.12. The molecule has 0 fully saturated rings. The van der Waals surface area contributed by atoms with Crippen LogP contribution in [-0.4, -0.2) is 21.3 Å². The Hall–Kier alpha value is -1.59. The average molecular weight is 210 g/mol. The Labute approximate surface area is 85.5 Å². The molecule has 3 N–H and O–H groups in total. The topological polar surface area (TPSA) is 87.0 Å². The Morgan fingerprint density at radius 2 is 1.93 bits per heavy atom. The summed E-state index contributed by atoms with van der Waals surface area (Å²) in [6.07, 6.45) is -1.70. The lowest BCUT2D eigenvalue weighted by atomic mass is 10.0. The molecule has 5 heteroatoms. The van der Waals surface area contributed by atoms with Crippen molar-refractivity contribution in [1.29, 1.82) is 0 Å². The maximum Gasteiger partial charge on any atom is 0.337 e. The van der Waals surface area contributed by atoms with Gasteiger partial charge in [0.25, 0.3) is 0 Å². The maximum atomic E-state index is 10.6. The number of aliphatic carboxylic acids is 1. The third-order valence-corrected chi connectivity index (χ3v) is 2.39. The molecule has 1 unspecified atom stereocenters. The average Bonchev–Trinajstić information content (AvgIpc) is 2.62. The number of fused-ring (bicyclic) bond motifs is 1. The van der Waals surface area contributed by atoms with Crippen molar-refractivity contribution in [3.8, 4) is 5.75 Å². The van der Waals surface area contributed by atoms with Crippen LogP contribution in [0.2, 0.25) is 0 Å². The number of ether oxygens (including phenoxy) is 1. The van der Waals surface area contributed by atoms with Crippen LogP contribution in [0.5, 0.6) is 5.75 Å². The van der Waals surface area contributed by atoms with Crippen LogP contribution in [-0.2, 0) is 22.7 Å². The van der Waals surface area contributed by atoms with Gasteiger partial charge in [-0.3, -0.25) is 0 Å². The number of hydrogen-bond donors (Lipinski definition) is 3. The van der Waals surface area contributed by atoms with Crippen molar-refractivity contribution in [3.63, 3.8) is 0 Å². The van der Waals surface area contributed by atoms with Crippen molar-refractivity contribution in [2.75, 3.05) is 0 Å². The highest BCUT2D eigenvalue weighted by Gasteiger charge is 2.23. The van der Waals surface area contributed by atoms with E-state index < -0.39 is 12.1 Å². The van der Waals surface area contributed by atoms with E-state index in [1.165, 1.54) is 12.1 Å². The van der Waals surface area contributed by atoms with Crippen LogP contribution in [0.15, 0.2) is 12.1 Å². The van der Waals surface area contributed by atoms with Gasteiger partial charge in [0.15, 0.2) is 6.10 Å². The van der Waals surface area contributed by atoms with Gasteiger partial charge in [-0.1, -0.05) is 0 Å². The lowest BCUT2D eigenvalue weighted by molar-refractivity contribution is -0.147. The first-order chi connectivity index (χ1) is 7.09. The number of aliphatic hydroxyl groups is 1. The second-order valence-corrected chi connectivity index (χ2v) is 3.41. The van der Waals surface area contributed by atoms with Gasteiger partial charge in [0, 0.05) is 5.56 Å². The Balaban J connectivity index is 2.44. The van der Waals surface area contributed by atoms with Gasteiger partial charge >= 0.3 is 5.97 Å². The van der Waals surface area contributed by atoms with E-state index in [4.69, 9.17) is 9.84 Å². The summed E-state index contributed by atoms with van der Waals surface area (Å²) in [6.45, 7) is 0.793. The van der Waals surface area contributed by atoms with Crippen LogP contribution < -0.4 is 0 Å². The van der Waals surface area contributed by atoms with E-state index >= 15 is 0 Å². The first-order valence-corrected chi connectivity index (χ1v) is 4.43. The molecule has 0 spiro atoms. The Morgan fingerprint density at radius 1 is 1.33 bits per heavy atom. The Morgan fingerprint density at radius 3 is 2.53 bits per heavy atom. The molecule has 2 rings (SSSR count). The summed E-state index contributed by atoms with van der Waals surface area (Å²) in [5, 5.41) is 27.4. The second-order valence-electron chi connectivity index (χ2n) is 3.41. The summed E-state index contributed by atoms with van der Waals surface area (Å²) >= 11 is 0. The number of aromatic hydroxyl groups is 1. The molecule has 1 atom stereocenters. The van der Waals surface area contributed by atoms with Gasteiger partial charge in [0.05, 0.1) is 13.2 Å². The van der Waals surface area contributed by atoms with Crippen LogP contribution in [0.1, 0.15) is 22.8 Å². The molecule has 15 heavy (non-hydrogen) atoms. The molecule has 5 nitrogen and oxygen atoms in total. The van der Waals surface area contributed by atoms with Crippen molar-refractivity contribution in [3.05, 3.63) is 28.8 Å². The van der Waals surface area contributed by atoms with Gasteiger partial charge in [-0.2, -0.15) is 0 Å². The first-order valence-electron chi connectivity index (χ1n) is 4.43. The third-order valence-electron chi connectivity index (χ3n) is 2.39. The summed E-state index contributed by atoms with van der Waals surface area (Å²) in [7, 11) is 0. The molecule has 1 aromatic rings. The standard InChI is InChI=1S/C10H10O5/c11-8-2-6-4-15-3-5(6)1-7(8)9(12)10(13)14/h1-2,9,11-12H,3-4H2,(H,13,14). The molecule has 0 bridgehead atoms. The molecular formula is C10H10O5. The van der Waals surface area contributed by atoms with E-state index in [1.807, 2.05) is 0 Å². The van der Waals surface area contributed by atoms with E-state index in [9.17, 15) is 15.0 Å². The normalized spacial score (nSPS) is 16.1. The first kappa shape index (κ1) is 9.95. The number of carboxylic acid groups (broad SMARTS) is 1. The highest BCUT2D eigenvalue weighted by molar-refractivity contribution is 5.75. The number of rotatable bonds is 2. The lowest BCUT2D eigenvalue weighted by Gasteiger charge is -2.09. The fraction of sp³-hybridized carbons (Fsp3) is 0.300. The van der Waals surface area contributed by atoms with Crippen molar-refractivity contribution >= 4 is 5.97 Å². The zero-order chi connectivity index (χ0) is 11.0. The number of hydrogen-bond acceptors (Lipinski definition) is 4. The fourth-order valence-electron chi connectivity index (χ4n) is 1.59. The number of carboxylic acids is 1. The van der Waals surface area contributed by atoms with E-state index in [2.05, 4.69) is 0 Å². The highest BCUT2D eigenvalue weighted by Crippen LogP contribution is 2.31. The predicted molar refractivity (Wildman–Crippen MR) is 49.2 cm³/mol. The van der Waals surface area contributed by atoms with Gasteiger partial charge in [0.2, 0.25) is 0 Å². The Kier molecular flexibility index (Phi) is 2.34. The number of phenols is 1. The SMILES string of the molecule is O=C(O)C(O)c1cc2c(cc1O)COC2. The van der Waals surface area contributed by atoms with Gasteiger partial charge < -0.3 is 20.1 Å². The summed E-state index contributed by atoms with van der Waals surface area (Å²) in [5.41, 5.74) is 1.64. The number of benzene rings is 1. The molecule has 0 saturated carbocycles. The Bertz CT molecular complexity index is 413. The van der Waals surface area contributed by atoms with Gasteiger partial charge in [0.1, 0.15) is 5.75 Å². The molecule has 0 radical (unpaired) electrons. The number of phenolic OH excluding ortho intramolecular Hbond substituents is 1. The van der Waals surface area contributed by atoms with Crippen LogP contribution >= 0.6 is 0 Å². The van der Waals surface area contributed by atoms with Crippen molar-refractivity contribution in [1.82, 2.24) is 0 Å².